The lowest BCUT2D eigenvalue weighted by molar-refractivity contribution is 0.109. The first-order valence-electron chi connectivity index (χ1n) is 14.7. The summed E-state index contributed by atoms with van der Waals surface area (Å²) >= 11 is 1.69. The van der Waals surface area contributed by atoms with Gasteiger partial charge in [-0.05, 0) is 50.3 Å². The van der Waals surface area contributed by atoms with E-state index in [1.165, 1.54) is 83.2 Å². The van der Waals surface area contributed by atoms with Crippen molar-refractivity contribution in [3.63, 3.8) is 0 Å². The van der Waals surface area contributed by atoms with Crippen LogP contribution in [-0.2, 0) is 4.74 Å². The fraction of sp³-hybridized carbons (Fsp3) is 0.867. The summed E-state index contributed by atoms with van der Waals surface area (Å²) in [6.07, 6.45) is 14.8. The molecule has 0 amide bonds. The average Bonchev–Trinajstić information content (AvgIpc) is 2.92. The van der Waals surface area contributed by atoms with Crippen LogP contribution < -0.4 is 16.8 Å². The molecule has 35 heavy (non-hydrogen) atoms. The third-order valence-corrected chi connectivity index (χ3v) is 6.29. The van der Waals surface area contributed by atoms with Crippen LogP contribution in [0.3, 0.4) is 0 Å². The Hall–Kier alpha value is -0.490. The Kier molecular flexibility index (Phi) is 45.3. The standard InChI is InChI=1S/C18H33NS.C4H9NO.C3H8.2C2H6.CH5N/c1-4-18(12-8-9-13-20-16(3)19)15(2)14-17-10-6-5-7-11-17;1-3-6-4-2-5-1;1-3-2;3*1-2/h17-18H,2-14,19H2,1H3;5H,1-4H2;3H2,1-2H3;2*1-2H3;2H2,1H3. The number of nitrogens with two attached hydrogens (primary N) is 2. The molecule has 1 aliphatic carbocycles. The van der Waals surface area contributed by atoms with Gasteiger partial charge in [0.05, 0.1) is 18.2 Å². The van der Waals surface area contributed by atoms with Crippen LogP contribution in [0.5, 0.6) is 0 Å². The molecular formula is C30H67N3OS. The summed E-state index contributed by atoms with van der Waals surface area (Å²) in [5.74, 6) is 2.78. The van der Waals surface area contributed by atoms with E-state index in [9.17, 15) is 0 Å². The van der Waals surface area contributed by atoms with Gasteiger partial charge in [0.1, 0.15) is 0 Å². The number of nitrogens with one attached hydrogen (secondary N) is 1. The third kappa shape index (κ3) is 33.5. The van der Waals surface area contributed by atoms with E-state index in [2.05, 4.69) is 45.0 Å². The van der Waals surface area contributed by atoms with E-state index in [0.717, 1.165) is 48.9 Å². The molecule has 0 aromatic heterocycles. The van der Waals surface area contributed by atoms with Gasteiger partial charge in [-0.1, -0.05) is 112 Å². The highest BCUT2D eigenvalue weighted by Gasteiger charge is 2.18. The van der Waals surface area contributed by atoms with Crippen LogP contribution in [0.4, 0.5) is 0 Å². The molecule has 2 fully saturated rings. The largest absolute Gasteiger partial charge is 0.394 e. The van der Waals surface area contributed by atoms with Gasteiger partial charge in [-0.3, -0.25) is 0 Å². The average molecular weight is 518 g/mol. The number of unbranched alkanes of at least 4 members (excludes halogenated alkanes) is 1. The molecule has 214 valence electrons. The molecule has 4 nitrogen and oxygen atoms in total. The first-order chi connectivity index (χ1) is 17.0. The number of rotatable bonds is 10. The van der Waals surface area contributed by atoms with Gasteiger partial charge in [-0.25, -0.2) is 0 Å². The quantitative estimate of drug-likeness (QED) is 0.200. The maximum absolute atomic E-state index is 5.57. The second-order valence-electron chi connectivity index (χ2n) is 8.35. The molecule has 5 heteroatoms. The predicted molar refractivity (Wildman–Crippen MR) is 166 cm³/mol. The van der Waals surface area contributed by atoms with E-state index in [1.54, 1.807) is 11.8 Å². The molecule has 0 aromatic carbocycles. The van der Waals surface area contributed by atoms with E-state index in [4.69, 9.17) is 10.5 Å². The monoisotopic (exact) mass is 518 g/mol. The molecule has 1 heterocycles. The lowest BCUT2D eigenvalue weighted by Crippen LogP contribution is -2.30. The molecule has 0 bridgehead atoms. The molecule has 1 saturated carbocycles. The predicted octanol–water partition coefficient (Wildman–Crippen LogP) is 8.52. The molecule has 1 aliphatic heterocycles. The van der Waals surface area contributed by atoms with E-state index in [1.807, 2.05) is 27.7 Å². The lowest BCUT2D eigenvalue weighted by Gasteiger charge is -2.26. The minimum atomic E-state index is 0.739. The van der Waals surface area contributed by atoms with Crippen LogP contribution in [0.1, 0.15) is 119 Å². The Morgan fingerprint density at radius 3 is 1.83 bits per heavy atom. The van der Waals surface area contributed by atoms with Crippen LogP contribution in [-0.4, -0.2) is 39.1 Å². The molecule has 2 rings (SSSR count). The number of hydrogen-bond donors (Lipinski definition) is 3. The van der Waals surface area contributed by atoms with Gasteiger partial charge in [-0.2, -0.15) is 0 Å². The highest BCUT2D eigenvalue weighted by atomic mass is 32.2. The highest BCUT2D eigenvalue weighted by Crippen LogP contribution is 2.33. The number of thioether (sulfide) groups is 1. The molecule has 1 atom stereocenters. The summed E-state index contributed by atoms with van der Waals surface area (Å²) in [6, 6.07) is 0. The van der Waals surface area contributed by atoms with Crippen molar-refractivity contribution in [3.05, 3.63) is 23.8 Å². The Labute approximate surface area is 226 Å². The van der Waals surface area contributed by atoms with Crippen molar-refractivity contribution in [2.75, 3.05) is 39.1 Å². The topological polar surface area (TPSA) is 73.3 Å². The minimum absolute atomic E-state index is 0.739. The fourth-order valence-corrected chi connectivity index (χ4v) is 4.45. The zero-order valence-corrected chi connectivity index (χ0v) is 26.2. The number of morpholine rings is 1. The second-order valence-corrected chi connectivity index (χ2v) is 9.57. The van der Waals surface area contributed by atoms with Gasteiger partial charge in [0.25, 0.3) is 0 Å². The molecule has 0 aromatic rings. The number of hydrogen-bond acceptors (Lipinski definition) is 5. The van der Waals surface area contributed by atoms with Gasteiger partial charge >= 0.3 is 0 Å². The van der Waals surface area contributed by atoms with Gasteiger partial charge < -0.3 is 21.5 Å². The summed E-state index contributed by atoms with van der Waals surface area (Å²) in [5, 5.41) is 3.91. The van der Waals surface area contributed by atoms with Gasteiger partial charge in [0.2, 0.25) is 0 Å². The van der Waals surface area contributed by atoms with Gasteiger partial charge in [0, 0.05) is 13.1 Å². The summed E-state index contributed by atoms with van der Waals surface area (Å²) in [4.78, 5) is 0. The highest BCUT2D eigenvalue weighted by molar-refractivity contribution is 8.02. The van der Waals surface area contributed by atoms with Crippen molar-refractivity contribution in [2.24, 2.45) is 23.3 Å². The molecule has 2 aliphatic rings. The Morgan fingerprint density at radius 2 is 1.46 bits per heavy atom. The third-order valence-electron chi connectivity index (χ3n) is 5.43. The lowest BCUT2D eigenvalue weighted by atomic mass is 9.80. The minimum Gasteiger partial charge on any atom is -0.394 e. The molecule has 1 saturated heterocycles. The van der Waals surface area contributed by atoms with Crippen molar-refractivity contribution < 1.29 is 4.74 Å². The number of allylic oxidation sites excluding steroid dienone is 1. The first kappa shape index (κ1) is 41.6. The van der Waals surface area contributed by atoms with E-state index < -0.39 is 0 Å². The molecular weight excluding hydrogens is 450 g/mol. The van der Waals surface area contributed by atoms with E-state index in [-0.39, 0.29) is 0 Å². The Morgan fingerprint density at radius 1 is 0.943 bits per heavy atom. The van der Waals surface area contributed by atoms with Gasteiger partial charge in [0.15, 0.2) is 0 Å². The molecule has 0 spiro atoms. The SMILES string of the molecule is C1COCCN1.C=C(N)SCCCCC(CC)C(=C)CC1CCCCC1.CC.CC.CCC.CN. The Bertz CT molecular complexity index is 384. The van der Waals surface area contributed by atoms with Crippen molar-refractivity contribution in [2.45, 2.75) is 119 Å². The molecule has 0 radical (unpaired) electrons. The van der Waals surface area contributed by atoms with Crippen LogP contribution in [0.15, 0.2) is 23.8 Å². The zero-order valence-electron chi connectivity index (χ0n) is 25.4. The fourth-order valence-electron chi connectivity index (χ4n) is 3.84. The van der Waals surface area contributed by atoms with Crippen molar-refractivity contribution in [1.29, 1.82) is 0 Å². The summed E-state index contributed by atoms with van der Waals surface area (Å²) < 4.78 is 5.01. The van der Waals surface area contributed by atoms with Crippen LogP contribution >= 0.6 is 11.8 Å². The summed E-state index contributed by atoms with van der Waals surface area (Å²) in [7, 11) is 1.50. The van der Waals surface area contributed by atoms with Crippen LogP contribution in [0.2, 0.25) is 0 Å². The molecule has 1 unspecified atom stereocenters. The summed E-state index contributed by atoms with van der Waals surface area (Å²) in [5.41, 5.74) is 11.6. The van der Waals surface area contributed by atoms with E-state index >= 15 is 0 Å². The maximum atomic E-state index is 5.57. The first-order valence-corrected chi connectivity index (χ1v) is 15.6. The van der Waals surface area contributed by atoms with Crippen molar-refractivity contribution in [3.8, 4) is 0 Å². The maximum Gasteiger partial charge on any atom is 0.0591 e. The number of ether oxygens (including phenoxy) is 1. The smallest absolute Gasteiger partial charge is 0.0591 e. The van der Waals surface area contributed by atoms with Gasteiger partial charge in [-0.15, -0.1) is 11.8 Å². The molecule has 5 N–H and O–H groups in total. The van der Waals surface area contributed by atoms with Crippen molar-refractivity contribution >= 4 is 11.8 Å². The Balaban J connectivity index is -0.000000263. The normalized spacial score (nSPS) is 15.3. The summed E-state index contributed by atoms with van der Waals surface area (Å²) in [6.45, 7) is 26.5. The van der Waals surface area contributed by atoms with Crippen molar-refractivity contribution in [1.82, 2.24) is 5.32 Å². The zero-order chi connectivity index (χ0) is 27.7. The van der Waals surface area contributed by atoms with Crippen LogP contribution in [0, 0.1) is 11.8 Å². The van der Waals surface area contributed by atoms with Crippen LogP contribution in [0.25, 0.3) is 0 Å². The second kappa shape index (κ2) is 38.0. The van der Waals surface area contributed by atoms with E-state index in [0.29, 0.717) is 0 Å².